The van der Waals surface area contributed by atoms with E-state index in [1.165, 1.54) is 35.7 Å². The maximum absolute atomic E-state index is 13.0. The Morgan fingerprint density at radius 2 is 1.32 bits per heavy atom. The molecule has 206 valence electrons. The first-order valence-corrected chi connectivity index (χ1v) is 14.2. The summed E-state index contributed by atoms with van der Waals surface area (Å²) in [4.78, 5) is 61.6. The van der Waals surface area contributed by atoms with Crippen molar-refractivity contribution in [3.63, 3.8) is 0 Å². The van der Waals surface area contributed by atoms with Crippen molar-refractivity contribution in [2.24, 2.45) is 11.5 Å². The standard InChI is InChI=1S/C23H35N5O7S2/c1-36-9-7-16(21(32)27-17(23(34)35)8-10-37-2)26-22(33)18(12-19(25)30)28-20(31)15(24)11-13-3-5-14(29)6-4-13/h3-6,15-18,29H,7-12,24H2,1-2H3,(H2,25,30)(H,26,33)(H,27,32)(H,28,31)(H,34,35). The number of aliphatic carboxylic acids is 1. The van der Waals surface area contributed by atoms with E-state index in [0.29, 0.717) is 17.1 Å². The number of aromatic hydroxyl groups is 1. The van der Waals surface area contributed by atoms with E-state index < -0.39 is 60.2 Å². The van der Waals surface area contributed by atoms with E-state index in [1.807, 2.05) is 6.26 Å². The molecule has 0 saturated carbocycles. The van der Waals surface area contributed by atoms with Gasteiger partial charge in [-0.1, -0.05) is 12.1 Å². The van der Waals surface area contributed by atoms with E-state index in [-0.39, 0.29) is 25.0 Å². The molecule has 0 aliphatic heterocycles. The van der Waals surface area contributed by atoms with Crippen LogP contribution in [-0.2, 0) is 30.4 Å². The molecule has 0 spiro atoms. The molecule has 12 nitrogen and oxygen atoms in total. The van der Waals surface area contributed by atoms with Gasteiger partial charge in [-0.2, -0.15) is 23.5 Å². The monoisotopic (exact) mass is 557 g/mol. The summed E-state index contributed by atoms with van der Waals surface area (Å²) in [7, 11) is 0. The van der Waals surface area contributed by atoms with E-state index in [4.69, 9.17) is 11.5 Å². The predicted octanol–water partition coefficient (Wildman–Crippen LogP) is -0.817. The third kappa shape index (κ3) is 12.2. The zero-order valence-electron chi connectivity index (χ0n) is 20.8. The summed E-state index contributed by atoms with van der Waals surface area (Å²) >= 11 is 2.85. The molecule has 0 fully saturated rings. The molecule has 1 aromatic rings. The van der Waals surface area contributed by atoms with Crippen LogP contribution in [0.4, 0.5) is 0 Å². The fraction of sp³-hybridized carbons (Fsp3) is 0.522. The Bertz CT molecular complexity index is 933. The second kappa shape index (κ2) is 16.7. The minimum Gasteiger partial charge on any atom is -0.508 e. The molecule has 0 heterocycles. The van der Waals surface area contributed by atoms with Gasteiger partial charge in [0.2, 0.25) is 23.6 Å². The number of primary amides is 1. The Morgan fingerprint density at radius 3 is 1.84 bits per heavy atom. The smallest absolute Gasteiger partial charge is 0.326 e. The van der Waals surface area contributed by atoms with Crippen LogP contribution in [0, 0.1) is 0 Å². The van der Waals surface area contributed by atoms with Crippen molar-refractivity contribution >= 4 is 53.1 Å². The number of nitrogens with two attached hydrogens (primary N) is 2. The summed E-state index contributed by atoms with van der Waals surface area (Å²) in [6.45, 7) is 0. The highest BCUT2D eigenvalue weighted by Crippen LogP contribution is 2.11. The molecule has 0 aliphatic carbocycles. The zero-order valence-corrected chi connectivity index (χ0v) is 22.4. The molecule has 4 unspecified atom stereocenters. The predicted molar refractivity (Wildman–Crippen MR) is 143 cm³/mol. The molecule has 4 amide bonds. The molecular weight excluding hydrogens is 522 g/mol. The van der Waals surface area contributed by atoms with Gasteiger partial charge in [0.05, 0.1) is 12.5 Å². The number of carbonyl (C=O) groups excluding carboxylic acids is 4. The van der Waals surface area contributed by atoms with E-state index in [1.54, 1.807) is 18.4 Å². The minimum absolute atomic E-state index is 0.0546. The molecule has 1 rings (SSSR count). The summed E-state index contributed by atoms with van der Waals surface area (Å²) in [6, 6.07) is 1.37. The van der Waals surface area contributed by atoms with Crippen molar-refractivity contribution in [3.8, 4) is 5.75 Å². The summed E-state index contributed by atoms with van der Waals surface area (Å²) in [6.07, 6.45) is 3.57. The number of phenols is 1. The third-order valence-electron chi connectivity index (χ3n) is 5.24. The molecule has 9 N–H and O–H groups in total. The molecule has 37 heavy (non-hydrogen) atoms. The number of amides is 4. The number of carboxylic acid groups (broad SMARTS) is 1. The van der Waals surface area contributed by atoms with Crippen molar-refractivity contribution in [1.82, 2.24) is 16.0 Å². The first-order chi connectivity index (χ1) is 17.5. The molecule has 0 aliphatic rings. The summed E-state index contributed by atoms with van der Waals surface area (Å²) in [5, 5.41) is 26.1. The lowest BCUT2D eigenvalue weighted by atomic mass is 10.0. The van der Waals surface area contributed by atoms with Gasteiger partial charge < -0.3 is 37.6 Å². The third-order valence-corrected chi connectivity index (χ3v) is 6.52. The van der Waals surface area contributed by atoms with Crippen LogP contribution in [0.25, 0.3) is 0 Å². The van der Waals surface area contributed by atoms with Gasteiger partial charge in [0, 0.05) is 0 Å². The van der Waals surface area contributed by atoms with Crippen LogP contribution >= 0.6 is 23.5 Å². The summed E-state index contributed by atoms with van der Waals surface area (Å²) in [5.74, 6) is -3.26. The fourth-order valence-electron chi connectivity index (χ4n) is 3.21. The van der Waals surface area contributed by atoms with Gasteiger partial charge in [0.1, 0.15) is 23.9 Å². The topological polar surface area (TPSA) is 214 Å². The van der Waals surface area contributed by atoms with Crippen molar-refractivity contribution in [1.29, 1.82) is 0 Å². The second-order valence-electron chi connectivity index (χ2n) is 8.23. The fourth-order valence-corrected chi connectivity index (χ4v) is 4.15. The Balaban J connectivity index is 2.94. The molecule has 0 saturated heterocycles. The lowest BCUT2D eigenvalue weighted by molar-refractivity contribution is -0.142. The average molecular weight is 558 g/mol. The van der Waals surface area contributed by atoms with Gasteiger partial charge >= 0.3 is 5.97 Å². The van der Waals surface area contributed by atoms with E-state index in [2.05, 4.69) is 16.0 Å². The maximum atomic E-state index is 13.0. The lowest BCUT2D eigenvalue weighted by Crippen LogP contribution is -2.58. The molecule has 0 bridgehead atoms. The first kappa shape index (κ1) is 32.1. The van der Waals surface area contributed by atoms with Gasteiger partial charge in [-0.05, 0) is 61.0 Å². The Labute approximate surface area is 224 Å². The normalized spacial score (nSPS) is 14.0. The SMILES string of the molecule is CSCCC(NC(=O)C(CCSC)NC(=O)C(CC(N)=O)NC(=O)C(N)Cc1ccc(O)cc1)C(=O)O. The zero-order chi connectivity index (χ0) is 28.0. The highest BCUT2D eigenvalue weighted by Gasteiger charge is 2.31. The van der Waals surface area contributed by atoms with Crippen molar-refractivity contribution in [2.45, 2.75) is 49.9 Å². The van der Waals surface area contributed by atoms with Crippen molar-refractivity contribution in [3.05, 3.63) is 29.8 Å². The van der Waals surface area contributed by atoms with Gasteiger partial charge in [-0.3, -0.25) is 19.2 Å². The van der Waals surface area contributed by atoms with Crippen LogP contribution in [0.5, 0.6) is 5.75 Å². The van der Waals surface area contributed by atoms with Crippen LogP contribution < -0.4 is 27.4 Å². The number of carbonyl (C=O) groups is 5. The Morgan fingerprint density at radius 1 is 0.838 bits per heavy atom. The number of hydrogen-bond acceptors (Lipinski definition) is 9. The Hall–Kier alpha value is -2.97. The van der Waals surface area contributed by atoms with Crippen molar-refractivity contribution < 1.29 is 34.2 Å². The second-order valence-corrected chi connectivity index (χ2v) is 10.2. The number of rotatable bonds is 17. The molecule has 0 radical (unpaired) electrons. The van der Waals surface area contributed by atoms with Crippen LogP contribution in [0.15, 0.2) is 24.3 Å². The molecule has 1 aromatic carbocycles. The number of hydrogen-bond donors (Lipinski definition) is 7. The number of carboxylic acids is 1. The lowest BCUT2D eigenvalue weighted by Gasteiger charge is -2.24. The van der Waals surface area contributed by atoms with Gasteiger partial charge in [0.15, 0.2) is 0 Å². The number of thioether (sulfide) groups is 2. The molecular formula is C23H35N5O7S2. The van der Waals surface area contributed by atoms with E-state index >= 15 is 0 Å². The average Bonchev–Trinajstić information content (AvgIpc) is 2.84. The Kier molecular flexibility index (Phi) is 14.5. The highest BCUT2D eigenvalue weighted by molar-refractivity contribution is 7.98. The van der Waals surface area contributed by atoms with Gasteiger partial charge in [-0.15, -0.1) is 0 Å². The molecule has 14 heteroatoms. The van der Waals surface area contributed by atoms with Crippen LogP contribution in [0.2, 0.25) is 0 Å². The largest absolute Gasteiger partial charge is 0.508 e. The van der Waals surface area contributed by atoms with Crippen molar-refractivity contribution in [2.75, 3.05) is 24.0 Å². The summed E-state index contributed by atoms with van der Waals surface area (Å²) < 4.78 is 0. The van der Waals surface area contributed by atoms with E-state index in [0.717, 1.165) is 0 Å². The first-order valence-electron chi connectivity index (χ1n) is 11.4. The maximum Gasteiger partial charge on any atom is 0.326 e. The van der Waals surface area contributed by atoms with E-state index in [9.17, 15) is 34.2 Å². The van der Waals surface area contributed by atoms with Crippen LogP contribution in [-0.4, -0.2) is 88.0 Å². The van der Waals surface area contributed by atoms with Crippen LogP contribution in [0.3, 0.4) is 0 Å². The number of benzene rings is 1. The number of phenolic OH excluding ortho intramolecular Hbond substituents is 1. The number of nitrogens with one attached hydrogen (secondary N) is 3. The molecule has 0 aromatic heterocycles. The quantitative estimate of drug-likeness (QED) is 0.126. The van der Waals surface area contributed by atoms with Gasteiger partial charge in [0.25, 0.3) is 0 Å². The highest BCUT2D eigenvalue weighted by atomic mass is 32.2. The van der Waals surface area contributed by atoms with Crippen LogP contribution in [0.1, 0.15) is 24.8 Å². The summed E-state index contributed by atoms with van der Waals surface area (Å²) in [5.41, 5.74) is 11.9. The van der Waals surface area contributed by atoms with Gasteiger partial charge in [-0.25, -0.2) is 4.79 Å². The molecule has 4 atom stereocenters. The minimum atomic E-state index is -1.40.